The van der Waals surface area contributed by atoms with Gasteiger partial charge >= 0.3 is 0 Å². The van der Waals surface area contributed by atoms with Gasteiger partial charge in [-0.3, -0.25) is 19.8 Å². The fourth-order valence-electron chi connectivity index (χ4n) is 2.10. The van der Waals surface area contributed by atoms with Gasteiger partial charge in [-0.25, -0.2) is 15.0 Å². The third kappa shape index (κ3) is 4.41. The van der Waals surface area contributed by atoms with Crippen molar-refractivity contribution >= 4 is 69.9 Å². The lowest BCUT2D eigenvalue weighted by atomic mass is 10.1. The van der Waals surface area contributed by atoms with Gasteiger partial charge in [-0.15, -0.1) is 17.9 Å². The molecule has 2 aromatic heterocycles. The number of thiazole rings is 1. The summed E-state index contributed by atoms with van der Waals surface area (Å²) in [5.41, 5.74) is 0.764. The summed E-state index contributed by atoms with van der Waals surface area (Å²) < 4.78 is 0.597. The molecule has 1 N–H and O–H groups in total. The van der Waals surface area contributed by atoms with Crippen LogP contribution in [0.4, 0.5) is 0 Å². The van der Waals surface area contributed by atoms with Crippen LogP contribution in [0.2, 0.25) is 5.15 Å². The highest BCUT2D eigenvalue weighted by Crippen LogP contribution is 2.35. The second-order valence-electron chi connectivity index (χ2n) is 5.24. The van der Waals surface area contributed by atoms with Crippen LogP contribution in [-0.2, 0) is 9.59 Å². The van der Waals surface area contributed by atoms with Crippen LogP contribution >= 0.6 is 46.9 Å². The van der Waals surface area contributed by atoms with Crippen molar-refractivity contribution in [1.82, 2.24) is 25.2 Å². The summed E-state index contributed by atoms with van der Waals surface area (Å²) in [6.07, 6.45) is 4.59. The highest BCUT2D eigenvalue weighted by Gasteiger charge is 2.33. The number of rotatable bonds is 5. The minimum absolute atomic E-state index is 0.0466. The van der Waals surface area contributed by atoms with Gasteiger partial charge in [-0.05, 0) is 43.0 Å². The van der Waals surface area contributed by atoms with Crippen LogP contribution in [0.3, 0.4) is 0 Å². The zero-order chi connectivity index (χ0) is 19.6. The number of nitrogens with one attached hydrogen (secondary N) is 1. The highest BCUT2D eigenvalue weighted by atomic mass is 35.5. The first-order valence-corrected chi connectivity index (χ1v) is 9.94. The van der Waals surface area contributed by atoms with Crippen LogP contribution in [0.25, 0.3) is 6.08 Å². The Morgan fingerprint density at radius 3 is 2.93 bits per heavy atom. The van der Waals surface area contributed by atoms with Gasteiger partial charge in [0.25, 0.3) is 11.8 Å². The molecule has 7 nitrogen and oxygen atoms in total. The van der Waals surface area contributed by atoms with Crippen molar-refractivity contribution < 1.29 is 9.59 Å². The molecule has 1 fully saturated rings. The summed E-state index contributed by atoms with van der Waals surface area (Å²) in [6, 6.07) is 1.79. The van der Waals surface area contributed by atoms with Gasteiger partial charge in [-0.1, -0.05) is 17.7 Å². The first kappa shape index (κ1) is 19.6. The lowest BCUT2D eigenvalue weighted by molar-refractivity contribution is -0.128. The Balaban J connectivity index is 1.89. The Kier molecular flexibility index (Phi) is 6.00. The summed E-state index contributed by atoms with van der Waals surface area (Å²) in [6.45, 7) is 5.64. The van der Waals surface area contributed by atoms with E-state index in [-0.39, 0.29) is 22.4 Å². The van der Waals surface area contributed by atoms with Crippen LogP contribution in [0.1, 0.15) is 10.6 Å². The zero-order valence-electron chi connectivity index (χ0n) is 13.9. The molecule has 3 rings (SSSR count). The molecule has 0 bridgehead atoms. The smallest absolute Gasteiger partial charge is 0.265 e. The number of hydrogen-bond donors (Lipinski definition) is 1. The number of nitrogens with zero attached hydrogens (tertiary/aromatic N) is 4. The molecule has 0 saturated carbocycles. The van der Waals surface area contributed by atoms with Crippen LogP contribution in [0.5, 0.6) is 0 Å². The van der Waals surface area contributed by atoms with Crippen LogP contribution < -0.4 is 5.32 Å². The van der Waals surface area contributed by atoms with Crippen molar-refractivity contribution in [3.63, 3.8) is 0 Å². The summed E-state index contributed by atoms with van der Waals surface area (Å²) in [5.74, 6) is -1.09. The lowest BCUT2D eigenvalue weighted by Gasteiger charge is -2.27. The SMILES string of the molecule is C=CCN1C(=O)C(=Cc2sc(Sc3nccc(C)n3)nc2Cl)C(=O)NC1=S. The minimum atomic E-state index is -0.578. The third-order valence-corrected chi connectivity index (χ3v) is 5.98. The van der Waals surface area contributed by atoms with E-state index in [0.717, 1.165) is 5.69 Å². The molecule has 1 saturated heterocycles. The first-order chi connectivity index (χ1) is 12.9. The molecule has 2 aromatic rings. The molecule has 2 amide bonds. The molecule has 0 aromatic carbocycles. The van der Waals surface area contributed by atoms with Gasteiger partial charge in [0, 0.05) is 18.4 Å². The van der Waals surface area contributed by atoms with Crippen molar-refractivity contribution in [2.45, 2.75) is 16.4 Å². The van der Waals surface area contributed by atoms with Crippen LogP contribution in [-0.4, -0.2) is 43.3 Å². The fourth-order valence-corrected chi connectivity index (χ4v) is 4.59. The molecule has 138 valence electrons. The molecule has 11 heteroatoms. The molecular formula is C16H12ClN5O2S3. The fraction of sp³-hybridized carbons (Fsp3) is 0.125. The number of halogens is 1. The Labute approximate surface area is 173 Å². The second kappa shape index (κ2) is 8.26. The van der Waals surface area contributed by atoms with Gasteiger partial charge in [0.2, 0.25) is 0 Å². The van der Waals surface area contributed by atoms with E-state index in [2.05, 4.69) is 26.8 Å². The van der Waals surface area contributed by atoms with E-state index in [0.29, 0.717) is 14.4 Å². The highest BCUT2D eigenvalue weighted by molar-refractivity contribution is 8.00. The molecule has 0 spiro atoms. The van der Waals surface area contributed by atoms with Gasteiger partial charge in [0.15, 0.2) is 14.6 Å². The van der Waals surface area contributed by atoms with Gasteiger partial charge < -0.3 is 0 Å². The average molecular weight is 438 g/mol. The summed E-state index contributed by atoms with van der Waals surface area (Å²) in [4.78, 5) is 39.2. The summed E-state index contributed by atoms with van der Waals surface area (Å²) >= 11 is 13.7. The molecule has 1 aliphatic heterocycles. The molecule has 27 heavy (non-hydrogen) atoms. The Morgan fingerprint density at radius 2 is 2.22 bits per heavy atom. The normalized spacial score (nSPS) is 16.0. The predicted molar refractivity (Wildman–Crippen MR) is 109 cm³/mol. The van der Waals surface area contributed by atoms with Gasteiger partial charge in [-0.2, -0.15) is 0 Å². The van der Waals surface area contributed by atoms with E-state index in [1.54, 1.807) is 12.3 Å². The minimum Gasteiger partial charge on any atom is -0.298 e. The Bertz CT molecular complexity index is 988. The topological polar surface area (TPSA) is 88.1 Å². The molecule has 0 atom stereocenters. The van der Waals surface area contributed by atoms with Gasteiger partial charge in [0.05, 0.1) is 4.88 Å². The monoisotopic (exact) mass is 437 g/mol. The standard InChI is InChI=1S/C16H12ClN5O2S3/c1-3-6-22-13(24)9(12(23)21-15(22)25)7-10-11(17)20-16(26-10)27-14-18-5-4-8(2)19-14/h3-5,7H,1,6H2,2H3,(H,21,23,25). The van der Waals surface area contributed by atoms with Crippen molar-refractivity contribution in [3.8, 4) is 0 Å². The molecule has 0 unspecified atom stereocenters. The summed E-state index contributed by atoms with van der Waals surface area (Å²) in [5, 5.41) is 3.25. The Hall–Kier alpha value is -2.14. The molecule has 1 aliphatic rings. The number of carbonyl (C=O) groups is 2. The third-order valence-electron chi connectivity index (χ3n) is 3.31. The van der Waals surface area contributed by atoms with E-state index in [4.69, 9.17) is 23.8 Å². The average Bonchev–Trinajstić information content (AvgIpc) is 2.94. The first-order valence-electron chi connectivity index (χ1n) is 7.52. The second-order valence-corrected chi connectivity index (χ2v) is 8.23. The van der Waals surface area contributed by atoms with E-state index in [1.807, 2.05) is 6.92 Å². The van der Waals surface area contributed by atoms with Crippen molar-refractivity contribution in [3.05, 3.63) is 46.2 Å². The maximum atomic E-state index is 12.6. The zero-order valence-corrected chi connectivity index (χ0v) is 17.1. The maximum Gasteiger partial charge on any atom is 0.265 e. The predicted octanol–water partition coefficient (Wildman–Crippen LogP) is 2.86. The summed E-state index contributed by atoms with van der Waals surface area (Å²) in [7, 11) is 0. The van der Waals surface area contributed by atoms with Crippen molar-refractivity contribution in [2.24, 2.45) is 0 Å². The molecule has 3 heterocycles. The van der Waals surface area contributed by atoms with Crippen molar-refractivity contribution in [2.75, 3.05) is 6.54 Å². The number of aromatic nitrogens is 3. The lowest BCUT2D eigenvalue weighted by Crippen LogP contribution is -2.53. The number of hydrogen-bond acceptors (Lipinski definition) is 8. The van der Waals surface area contributed by atoms with Crippen LogP contribution in [0, 0.1) is 6.92 Å². The van der Waals surface area contributed by atoms with E-state index in [9.17, 15) is 9.59 Å². The molecule has 0 aliphatic carbocycles. The number of carbonyl (C=O) groups excluding carboxylic acids is 2. The van der Waals surface area contributed by atoms with E-state index in [1.165, 1.54) is 40.2 Å². The quantitative estimate of drug-likeness (QED) is 0.253. The largest absolute Gasteiger partial charge is 0.298 e. The van der Waals surface area contributed by atoms with E-state index < -0.39 is 11.8 Å². The maximum absolute atomic E-state index is 12.6. The van der Waals surface area contributed by atoms with Gasteiger partial charge in [0.1, 0.15) is 10.7 Å². The number of aryl methyl sites for hydroxylation is 1. The molecule has 0 radical (unpaired) electrons. The number of amides is 2. The van der Waals surface area contributed by atoms with Crippen LogP contribution in [0.15, 0.2) is 40.0 Å². The Morgan fingerprint density at radius 1 is 1.44 bits per heavy atom. The van der Waals surface area contributed by atoms with E-state index >= 15 is 0 Å². The molecular weight excluding hydrogens is 426 g/mol. The van der Waals surface area contributed by atoms with Crippen molar-refractivity contribution in [1.29, 1.82) is 0 Å². The number of thiocarbonyl (C=S) groups is 1.